The van der Waals surface area contributed by atoms with Gasteiger partial charge in [0.05, 0.1) is 0 Å². The number of nitrogens with zero attached hydrogens (tertiary/aromatic N) is 2. The predicted octanol–water partition coefficient (Wildman–Crippen LogP) is 5.97. The van der Waals surface area contributed by atoms with Gasteiger partial charge in [-0.3, -0.25) is 0 Å². The van der Waals surface area contributed by atoms with Crippen LogP contribution in [0.3, 0.4) is 0 Å². The van der Waals surface area contributed by atoms with E-state index in [1.165, 1.54) is 39.2 Å². The maximum absolute atomic E-state index is 4.87. The van der Waals surface area contributed by atoms with Crippen LogP contribution in [0.5, 0.6) is 0 Å². The number of hydrogen-bond donors (Lipinski definition) is 0. The molecule has 0 spiro atoms. The molecule has 0 saturated heterocycles. The van der Waals surface area contributed by atoms with Crippen LogP contribution in [0, 0.1) is 19.9 Å². The molecular weight excluding hydrogens is 496 g/mol. The summed E-state index contributed by atoms with van der Waals surface area (Å²) < 4.78 is 0. The summed E-state index contributed by atoms with van der Waals surface area (Å²) in [6.45, 7) is 4.35. The van der Waals surface area contributed by atoms with Crippen molar-refractivity contribution < 1.29 is 20.1 Å². The van der Waals surface area contributed by atoms with Crippen molar-refractivity contribution in [2.75, 3.05) is 4.90 Å². The Morgan fingerprint density at radius 2 is 1.62 bits per heavy atom. The summed E-state index contributed by atoms with van der Waals surface area (Å²) in [6.07, 6.45) is 2.01. The molecule has 1 radical (unpaired) electrons. The predicted molar refractivity (Wildman–Crippen MR) is 103 cm³/mol. The molecule has 0 aromatic heterocycles. The molecule has 3 heteroatoms. The van der Waals surface area contributed by atoms with Gasteiger partial charge in [-0.15, -0.1) is 11.1 Å². The number of para-hydroxylation sites is 1. The largest absolute Gasteiger partial charge is 0.667 e. The van der Waals surface area contributed by atoms with E-state index in [9.17, 15) is 0 Å². The van der Waals surface area contributed by atoms with Crippen LogP contribution < -0.4 is 4.90 Å². The molecule has 0 aliphatic carbocycles. The van der Waals surface area contributed by atoms with E-state index in [0.29, 0.717) is 0 Å². The van der Waals surface area contributed by atoms with Gasteiger partial charge in [0.15, 0.2) is 0 Å². The van der Waals surface area contributed by atoms with E-state index in [-0.39, 0.29) is 26.3 Å². The normalized spacial score (nSPS) is 16.6. The second kappa shape index (κ2) is 6.42. The Hall–Kier alpha value is -2.35. The van der Waals surface area contributed by atoms with Crippen molar-refractivity contribution in [1.29, 1.82) is 0 Å². The fourth-order valence-corrected chi connectivity index (χ4v) is 4.08. The first-order chi connectivity index (χ1) is 12.3. The van der Waals surface area contributed by atoms with Crippen LogP contribution in [-0.4, -0.2) is 0 Å². The van der Waals surface area contributed by atoms with Crippen LogP contribution in [0.1, 0.15) is 28.4 Å². The van der Waals surface area contributed by atoms with Gasteiger partial charge in [0, 0.05) is 37.1 Å². The van der Waals surface area contributed by atoms with Crippen LogP contribution in [-0.2, 0) is 20.1 Å². The van der Waals surface area contributed by atoms with Crippen molar-refractivity contribution >= 4 is 11.4 Å². The molecular formula is C23H18IrN2-2. The summed E-state index contributed by atoms with van der Waals surface area (Å²) in [5, 5.41) is 4.87. The number of anilines is 1. The first kappa shape index (κ1) is 17.1. The Bertz CT molecular complexity index is 1000. The average Bonchev–Trinajstić information content (AvgIpc) is 3.07. The Balaban J connectivity index is 0.00000168. The van der Waals surface area contributed by atoms with Gasteiger partial charge in [-0.2, -0.15) is 30.5 Å². The fourth-order valence-electron chi connectivity index (χ4n) is 4.08. The molecule has 3 aromatic carbocycles. The Morgan fingerprint density at radius 1 is 0.885 bits per heavy atom. The van der Waals surface area contributed by atoms with Gasteiger partial charge in [-0.25, -0.2) is 0 Å². The zero-order valence-corrected chi connectivity index (χ0v) is 17.1. The Morgan fingerprint density at radius 3 is 2.42 bits per heavy atom. The van der Waals surface area contributed by atoms with Gasteiger partial charge in [-0.05, 0) is 37.2 Å². The van der Waals surface area contributed by atoms with Crippen molar-refractivity contribution in [3.63, 3.8) is 0 Å². The van der Waals surface area contributed by atoms with Crippen molar-refractivity contribution in [2.45, 2.75) is 20.0 Å². The minimum Gasteiger partial charge on any atom is -0.667 e. The van der Waals surface area contributed by atoms with E-state index in [4.69, 9.17) is 5.32 Å². The maximum Gasteiger partial charge on any atom is 0.0356 e. The molecule has 2 nitrogen and oxygen atoms in total. The van der Waals surface area contributed by atoms with Crippen molar-refractivity contribution in [3.8, 4) is 11.1 Å². The van der Waals surface area contributed by atoms with E-state index < -0.39 is 0 Å². The number of fused-ring (bicyclic) bond motifs is 6. The average molecular weight is 515 g/mol. The second-order valence-electron chi connectivity index (χ2n) is 6.69. The molecule has 26 heavy (non-hydrogen) atoms. The summed E-state index contributed by atoms with van der Waals surface area (Å²) in [5.41, 5.74) is 9.87. The number of hydrogen-bond acceptors (Lipinski definition) is 1. The van der Waals surface area contributed by atoms with Gasteiger partial charge in [0.25, 0.3) is 0 Å². The van der Waals surface area contributed by atoms with Crippen LogP contribution in [0.25, 0.3) is 22.1 Å². The third kappa shape index (κ3) is 2.35. The monoisotopic (exact) mass is 515 g/mol. The molecule has 2 heterocycles. The van der Waals surface area contributed by atoms with Crippen LogP contribution >= 0.6 is 0 Å². The topological polar surface area (TPSA) is 17.3 Å². The molecule has 1 unspecified atom stereocenters. The summed E-state index contributed by atoms with van der Waals surface area (Å²) >= 11 is 0. The molecule has 0 fully saturated rings. The molecule has 1 atom stereocenters. The third-order valence-corrected chi connectivity index (χ3v) is 5.18. The summed E-state index contributed by atoms with van der Waals surface area (Å²) in [6, 6.07) is 24.7. The molecule has 3 aromatic rings. The number of rotatable bonds is 1. The standard InChI is InChI=1S/C23H18N2.Ir/c1-15-8-7-9-16(2)22(15)21-14-24-23-19-12-4-3-10-17(19)18-11-5-6-13-20(18)25(21)23;/h3-11,13-14,23H,1-2H3;/q-2;. The molecule has 0 N–H and O–H groups in total. The molecule has 2 aliphatic heterocycles. The van der Waals surface area contributed by atoms with Gasteiger partial charge in [0.1, 0.15) is 0 Å². The first-order valence-electron chi connectivity index (χ1n) is 8.61. The third-order valence-electron chi connectivity index (χ3n) is 5.18. The van der Waals surface area contributed by atoms with E-state index in [1.807, 2.05) is 12.3 Å². The molecule has 5 rings (SSSR count). The van der Waals surface area contributed by atoms with Crippen molar-refractivity contribution in [3.05, 3.63) is 101 Å². The van der Waals surface area contributed by atoms with Crippen molar-refractivity contribution in [1.82, 2.24) is 0 Å². The molecule has 0 bridgehead atoms. The first-order valence-corrected chi connectivity index (χ1v) is 8.61. The Kier molecular flexibility index (Phi) is 4.22. The van der Waals surface area contributed by atoms with Gasteiger partial charge >= 0.3 is 0 Å². The minimum atomic E-state index is -0.0277. The summed E-state index contributed by atoms with van der Waals surface area (Å²) in [7, 11) is 0. The fraction of sp³-hybridized carbons (Fsp3) is 0.130. The van der Waals surface area contributed by atoms with Crippen LogP contribution in [0.15, 0.2) is 66.9 Å². The van der Waals surface area contributed by atoms with Crippen molar-refractivity contribution in [2.24, 2.45) is 0 Å². The van der Waals surface area contributed by atoms with E-state index in [2.05, 4.69) is 79.4 Å². The summed E-state index contributed by atoms with van der Waals surface area (Å²) in [5.74, 6) is 0. The SMILES string of the molecule is Cc1cccc(C)c1C1=C[N-]C2c3[c-]cccc3-c3ccccc3N12.[Ir]. The maximum atomic E-state index is 4.87. The number of benzene rings is 3. The van der Waals surface area contributed by atoms with Crippen LogP contribution in [0.2, 0.25) is 0 Å². The van der Waals surface area contributed by atoms with Gasteiger partial charge < -0.3 is 10.2 Å². The van der Waals surface area contributed by atoms with E-state index in [0.717, 1.165) is 5.56 Å². The van der Waals surface area contributed by atoms with E-state index in [1.54, 1.807) is 0 Å². The molecule has 2 aliphatic rings. The number of aryl methyl sites for hydroxylation is 2. The Labute approximate surface area is 167 Å². The second-order valence-corrected chi connectivity index (χ2v) is 6.69. The quantitative estimate of drug-likeness (QED) is 0.366. The zero-order chi connectivity index (χ0) is 17.0. The smallest absolute Gasteiger partial charge is 0.0356 e. The van der Waals surface area contributed by atoms with Gasteiger partial charge in [0.2, 0.25) is 0 Å². The van der Waals surface area contributed by atoms with E-state index >= 15 is 0 Å². The minimum absolute atomic E-state index is 0. The molecule has 0 amide bonds. The molecule has 131 valence electrons. The summed E-state index contributed by atoms with van der Waals surface area (Å²) in [4.78, 5) is 2.36. The molecule has 0 saturated carbocycles. The zero-order valence-electron chi connectivity index (χ0n) is 14.7. The van der Waals surface area contributed by atoms with Gasteiger partial charge in [-0.1, -0.05) is 42.0 Å². The van der Waals surface area contributed by atoms with Crippen LogP contribution in [0.4, 0.5) is 5.69 Å².